The van der Waals surface area contributed by atoms with Crippen LogP contribution in [0.5, 0.6) is 0 Å². The Bertz CT molecular complexity index is 626. The molecule has 0 unspecified atom stereocenters. The molecule has 0 fully saturated rings. The van der Waals surface area contributed by atoms with Gasteiger partial charge in [0.15, 0.2) is 11.6 Å². The zero-order valence-corrected chi connectivity index (χ0v) is 10.8. The Labute approximate surface area is 114 Å². The summed E-state index contributed by atoms with van der Waals surface area (Å²) < 4.78 is 53.6. The van der Waals surface area contributed by atoms with E-state index in [1.807, 2.05) is 6.92 Å². The monoisotopic (exact) mass is 283 g/mol. The van der Waals surface area contributed by atoms with Crippen molar-refractivity contribution < 1.29 is 17.6 Å². The molecule has 2 aromatic carbocycles. The van der Waals surface area contributed by atoms with Crippen LogP contribution in [0, 0.1) is 23.3 Å². The van der Waals surface area contributed by atoms with Gasteiger partial charge in [0.25, 0.3) is 0 Å². The third-order valence-corrected chi connectivity index (χ3v) is 2.91. The van der Waals surface area contributed by atoms with Crippen molar-refractivity contribution in [3.05, 3.63) is 59.2 Å². The summed E-state index contributed by atoms with van der Waals surface area (Å²) >= 11 is 0. The van der Waals surface area contributed by atoms with Gasteiger partial charge in [-0.1, -0.05) is 13.0 Å². The first-order chi connectivity index (χ1) is 9.52. The van der Waals surface area contributed by atoms with Crippen molar-refractivity contribution in [3.8, 4) is 11.1 Å². The molecule has 0 aliphatic rings. The highest BCUT2D eigenvalue weighted by molar-refractivity contribution is 5.65. The molecule has 20 heavy (non-hydrogen) atoms. The molecule has 0 bridgehead atoms. The first-order valence-electron chi connectivity index (χ1n) is 6.17. The molecule has 1 nitrogen and oxygen atoms in total. The molecule has 0 aliphatic heterocycles. The lowest BCUT2D eigenvalue weighted by molar-refractivity contribution is 0.495. The molecule has 5 heteroatoms. The van der Waals surface area contributed by atoms with Crippen LogP contribution < -0.4 is 5.32 Å². The van der Waals surface area contributed by atoms with E-state index < -0.39 is 23.3 Å². The number of hydrogen-bond donors (Lipinski definition) is 1. The Morgan fingerprint density at radius 3 is 2.15 bits per heavy atom. The summed E-state index contributed by atoms with van der Waals surface area (Å²) in [6.45, 7) is 3.13. The number of hydrogen-bond acceptors (Lipinski definition) is 1. The summed E-state index contributed by atoms with van der Waals surface area (Å²) in [5.74, 6) is -4.19. The van der Waals surface area contributed by atoms with Crippen molar-refractivity contribution in [2.45, 2.75) is 13.5 Å². The van der Waals surface area contributed by atoms with E-state index in [-0.39, 0.29) is 11.1 Å². The molecule has 0 aliphatic carbocycles. The topological polar surface area (TPSA) is 12.0 Å². The molecule has 2 aromatic rings. The summed E-state index contributed by atoms with van der Waals surface area (Å²) in [5, 5.41) is 3.05. The van der Waals surface area contributed by atoms with Gasteiger partial charge in [-0.2, -0.15) is 0 Å². The Kier molecular flexibility index (Phi) is 4.39. The van der Waals surface area contributed by atoms with E-state index in [0.29, 0.717) is 18.7 Å². The molecule has 0 aromatic heterocycles. The highest BCUT2D eigenvalue weighted by Crippen LogP contribution is 2.28. The summed E-state index contributed by atoms with van der Waals surface area (Å²) in [7, 11) is 0. The zero-order chi connectivity index (χ0) is 14.7. The maximum absolute atomic E-state index is 13.8. The average molecular weight is 283 g/mol. The molecule has 1 N–H and O–H groups in total. The first-order valence-corrected chi connectivity index (χ1v) is 6.17. The quantitative estimate of drug-likeness (QED) is 0.660. The van der Waals surface area contributed by atoms with Crippen molar-refractivity contribution in [3.63, 3.8) is 0 Å². The Hall–Kier alpha value is -1.88. The average Bonchev–Trinajstić information content (AvgIpc) is 2.42. The number of benzene rings is 2. The largest absolute Gasteiger partial charge is 0.313 e. The van der Waals surface area contributed by atoms with Crippen LogP contribution in [0.2, 0.25) is 0 Å². The van der Waals surface area contributed by atoms with Gasteiger partial charge in [-0.3, -0.25) is 0 Å². The minimum Gasteiger partial charge on any atom is -0.313 e. The lowest BCUT2D eigenvalue weighted by Gasteiger charge is -2.09. The highest BCUT2D eigenvalue weighted by atomic mass is 19.2. The summed E-state index contributed by atoms with van der Waals surface area (Å²) in [4.78, 5) is 0. The molecule has 2 rings (SSSR count). The van der Waals surface area contributed by atoms with Crippen LogP contribution in [0.3, 0.4) is 0 Å². The van der Waals surface area contributed by atoms with Gasteiger partial charge in [0.2, 0.25) is 0 Å². The first kappa shape index (κ1) is 14.5. The lowest BCUT2D eigenvalue weighted by Crippen LogP contribution is -2.11. The summed E-state index contributed by atoms with van der Waals surface area (Å²) in [6, 6.07) is 5.25. The van der Waals surface area contributed by atoms with E-state index in [1.165, 1.54) is 12.1 Å². The van der Waals surface area contributed by atoms with Crippen molar-refractivity contribution in [2.75, 3.05) is 6.54 Å². The minimum absolute atomic E-state index is 0.0863. The smallest absolute Gasteiger partial charge is 0.161 e. The van der Waals surface area contributed by atoms with Gasteiger partial charge in [-0.25, -0.2) is 17.6 Å². The summed E-state index contributed by atoms with van der Waals surface area (Å²) in [5.41, 5.74) is 0.351. The van der Waals surface area contributed by atoms with Gasteiger partial charge in [-0.15, -0.1) is 0 Å². The van der Waals surface area contributed by atoms with Crippen molar-refractivity contribution in [1.82, 2.24) is 5.32 Å². The molecule has 0 spiro atoms. The second-order valence-electron chi connectivity index (χ2n) is 4.34. The molecule has 0 heterocycles. The summed E-state index contributed by atoms with van der Waals surface area (Å²) in [6.07, 6.45) is 0. The molecule has 0 atom stereocenters. The van der Waals surface area contributed by atoms with E-state index in [1.54, 1.807) is 6.07 Å². The van der Waals surface area contributed by atoms with E-state index in [4.69, 9.17) is 0 Å². The van der Waals surface area contributed by atoms with Gasteiger partial charge in [0, 0.05) is 23.7 Å². The second kappa shape index (κ2) is 6.05. The SMILES string of the molecule is CCNCc1ccc(F)c(-c2cc(F)c(F)cc2F)c1. The maximum Gasteiger partial charge on any atom is 0.161 e. The fraction of sp³-hybridized carbons (Fsp3) is 0.200. The minimum atomic E-state index is -1.30. The Balaban J connectivity index is 2.48. The molecular formula is C15H13F4N. The third kappa shape index (κ3) is 2.99. The predicted molar refractivity (Wildman–Crippen MR) is 69.1 cm³/mol. The molecule has 0 amide bonds. The van der Waals surface area contributed by atoms with Crippen molar-refractivity contribution >= 4 is 0 Å². The van der Waals surface area contributed by atoms with Gasteiger partial charge in [-0.05, 0) is 30.3 Å². The molecule has 0 radical (unpaired) electrons. The van der Waals surface area contributed by atoms with Crippen LogP contribution in [0.15, 0.2) is 30.3 Å². The van der Waals surface area contributed by atoms with Crippen LogP contribution in [-0.4, -0.2) is 6.54 Å². The fourth-order valence-electron chi connectivity index (χ4n) is 1.89. The van der Waals surface area contributed by atoms with Crippen molar-refractivity contribution in [1.29, 1.82) is 0 Å². The molecular weight excluding hydrogens is 270 g/mol. The number of rotatable bonds is 4. The number of halogens is 4. The Morgan fingerprint density at radius 2 is 1.45 bits per heavy atom. The van der Waals surface area contributed by atoms with Crippen LogP contribution in [0.1, 0.15) is 12.5 Å². The standard InChI is InChI=1S/C15H13F4N/c1-2-20-8-9-3-4-12(16)10(5-9)11-6-14(18)15(19)7-13(11)17/h3-7,20H,2,8H2,1H3. The van der Waals surface area contributed by atoms with Crippen LogP contribution >= 0.6 is 0 Å². The van der Waals surface area contributed by atoms with E-state index >= 15 is 0 Å². The van der Waals surface area contributed by atoms with Gasteiger partial charge < -0.3 is 5.32 Å². The van der Waals surface area contributed by atoms with Crippen LogP contribution in [0.4, 0.5) is 17.6 Å². The zero-order valence-electron chi connectivity index (χ0n) is 10.8. The Morgan fingerprint density at radius 1 is 0.800 bits per heavy atom. The normalized spacial score (nSPS) is 10.8. The van der Waals surface area contributed by atoms with Gasteiger partial charge in [0.05, 0.1) is 0 Å². The fourth-order valence-corrected chi connectivity index (χ4v) is 1.89. The molecule has 106 valence electrons. The van der Waals surface area contributed by atoms with Crippen LogP contribution in [0.25, 0.3) is 11.1 Å². The maximum atomic E-state index is 13.8. The molecule has 0 saturated heterocycles. The van der Waals surface area contributed by atoms with Crippen LogP contribution in [-0.2, 0) is 6.54 Å². The lowest BCUT2D eigenvalue weighted by atomic mass is 10.0. The third-order valence-electron chi connectivity index (χ3n) is 2.91. The van der Waals surface area contributed by atoms with E-state index in [9.17, 15) is 17.6 Å². The van der Waals surface area contributed by atoms with Gasteiger partial charge in [0.1, 0.15) is 11.6 Å². The van der Waals surface area contributed by atoms with Crippen molar-refractivity contribution in [2.24, 2.45) is 0 Å². The predicted octanol–water partition coefficient (Wildman–Crippen LogP) is 4.02. The van der Waals surface area contributed by atoms with Gasteiger partial charge >= 0.3 is 0 Å². The second-order valence-corrected chi connectivity index (χ2v) is 4.34. The number of nitrogens with one attached hydrogen (secondary N) is 1. The van der Waals surface area contributed by atoms with E-state index in [2.05, 4.69) is 5.32 Å². The molecule has 0 saturated carbocycles. The van der Waals surface area contributed by atoms with E-state index in [0.717, 1.165) is 12.1 Å². The highest BCUT2D eigenvalue weighted by Gasteiger charge is 2.15.